The molecule has 0 saturated carbocycles. The van der Waals surface area contributed by atoms with Crippen molar-refractivity contribution in [1.29, 1.82) is 0 Å². The summed E-state index contributed by atoms with van der Waals surface area (Å²) in [7, 11) is 0. The second-order valence-corrected chi connectivity index (χ2v) is 6.73. The number of hydrogen-bond acceptors (Lipinski definition) is 4. The maximum absolute atomic E-state index is 12.3. The normalized spacial score (nSPS) is 11.8. The molecule has 0 aliphatic rings. The van der Waals surface area contributed by atoms with Crippen LogP contribution in [0.5, 0.6) is 0 Å². The third-order valence-corrected chi connectivity index (χ3v) is 4.52. The number of rotatable bonds is 5. The largest absolute Gasteiger partial charge is 0.309 e. The van der Waals surface area contributed by atoms with Crippen molar-refractivity contribution >= 4 is 16.6 Å². The van der Waals surface area contributed by atoms with E-state index in [0.29, 0.717) is 24.3 Å². The Morgan fingerprint density at radius 3 is 2.69 bits per heavy atom. The fourth-order valence-corrected chi connectivity index (χ4v) is 3.09. The van der Waals surface area contributed by atoms with Crippen molar-refractivity contribution in [2.45, 2.75) is 33.0 Å². The zero-order valence-corrected chi connectivity index (χ0v) is 14.9. The molecule has 0 saturated heterocycles. The number of nitrogens with zero attached hydrogens (tertiary/aromatic N) is 4. The SMILES string of the molecule is CC(C)N(Cc1cn2ccccc2n1)Cc1nc2ccccc2c(=O)[nH]1. The summed E-state index contributed by atoms with van der Waals surface area (Å²) < 4.78 is 2.02. The molecule has 3 aromatic heterocycles. The average Bonchev–Trinajstić information content (AvgIpc) is 3.03. The third kappa shape index (κ3) is 3.23. The van der Waals surface area contributed by atoms with Crippen LogP contribution >= 0.6 is 0 Å². The minimum atomic E-state index is -0.0953. The average molecular weight is 347 g/mol. The first-order chi connectivity index (χ1) is 12.6. The van der Waals surface area contributed by atoms with E-state index in [1.807, 2.05) is 53.2 Å². The molecule has 26 heavy (non-hydrogen) atoms. The number of pyridine rings is 1. The number of aromatic nitrogens is 4. The van der Waals surface area contributed by atoms with Gasteiger partial charge in [-0.05, 0) is 38.1 Å². The van der Waals surface area contributed by atoms with E-state index in [9.17, 15) is 4.79 Å². The molecular formula is C20H21N5O. The van der Waals surface area contributed by atoms with Gasteiger partial charge in [0.1, 0.15) is 11.5 Å². The first-order valence-corrected chi connectivity index (χ1v) is 8.75. The van der Waals surface area contributed by atoms with Gasteiger partial charge in [-0.1, -0.05) is 18.2 Å². The molecule has 0 bridgehead atoms. The molecule has 4 aromatic rings. The number of aromatic amines is 1. The minimum Gasteiger partial charge on any atom is -0.309 e. The van der Waals surface area contributed by atoms with Crippen molar-refractivity contribution in [2.24, 2.45) is 0 Å². The second-order valence-electron chi connectivity index (χ2n) is 6.73. The summed E-state index contributed by atoms with van der Waals surface area (Å²) in [4.78, 5) is 26.7. The summed E-state index contributed by atoms with van der Waals surface area (Å²) in [6.07, 6.45) is 4.04. The lowest BCUT2D eigenvalue weighted by Gasteiger charge is -2.25. The van der Waals surface area contributed by atoms with E-state index < -0.39 is 0 Å². The van der Waals surface area contributed by atoms with Crippen LogP contribution in [0.1, 0.15) is 25.4 Å². The monoisotopic (exact) mass is 347 g/mol. The van der Waals surface area contributed by atoms with Gasteiger partial charge in [-0.25, -0.2) is 9.97 Å². The molecule has 1 aromatic carbocycles. The molecule has 0 fully saturated rings. The molecular weight excluding hydrogens is 326 g/mol. The third-order valence-electron chi connectivity index (χ3n) is 4.52. The smallest absolute Gasteiger partial charge is 0.258 e. The predicted molar refractivity (Wildman–Crippen MR) is 102 cm³/mol. The van der Waals surface area contributed by atoms with Crippen molar-refractivity contribution in [3.63, 3.8) is 0 Å². The Kier molecular flexibility index (Phi) is 4.26. The van der Waals surface area contributed by atoms with Gasteiger partial charge in [0.25, 0.3) is 5.56 Å². The molecule has 0 radical (unpaired) electrons. The topological polar surface area (TPSA) is 66.3 Å². The highest BCUT2D eigenvalue weighted by molar-refractivity contribution is 5.77. The zero-order chi connectivity index (χ0) is 18.1. The maximum atomic E-state index is 12.3. The number of imidazole rings is 1. The van der Waals surface area contributed by atoms with Gasteiger partial charge in [0.15, 0.2) is 0 Å². The van der Waals surface area contributed by atoms with Crippen molar-refractivity contribution in [3.05, 3.63) is 76.7 Å². The maximum Gasteiger partial charge on any atom is 0.258 e. The first-order valence-electron chi connectivity index (χ1n) is 8.75. The van der Waals surface area contributed by atoms with E-state index in [1.165, 1.54) is 0 Å². The number of benzene rings is 1. The Morgan fingerprint density at radius 1 is 1.08 bits per heavy atom. The number of hydrogen-bond donors (Lipinski definition) is 1. The van der Waals surface area contributed by atoms with Gasteiger partial charge >= 0.3 is 0 Å². The molecule has 0 spiro atoms. The minimum absolute atomic E-state index is 0.0953. The summed E-state index contributed by atoms with van der Waals surface area (Å²) >= 11 is 0. The molecule has 0 unspecified atom stereocenters. The molecule has 6 heteroatoms. The first kappa shape index (κ1) is 16.5. The Hall–Kier alpha value is -2.99. The van der Waals surface area contributed by atoms with Gasteiger partial charge in [-0.2, -0.15) is 0 Å². The van der Waals surface area contributed by atoms with Crippen LogP contribution in [0.3, 0.4) is 0 Å². The number of H-pyrrole nitrogens is 1. The van der Waals surface area contributed by atoms with Crippen LogP contribution in [-0.2, 0) is 13.1 Å². The summed E-state index contributed by atoms with van der Waals surface area (Å²) in [5.41, 5.74) is 2.56. The highest BCUT2D eigenvalue weighted by Gasteiger charge is 2.15. The summed E-state index contributed by atoms with van der Waals surface area (Å²) in [6.45, 7) is 5.52. The molecule has 132 valence electrons. The van der Waals surface area contributed by atoms with Gasteiger partial charge in [0, 0.05) is 25.0 Å². The lowest BCUT2D eigenvalue weighted by atomic mass is 10.2. The summed E-state index contributed by atoms with van der Waals surface area (Å²) in [5, 5.41) is 0.618. The van der Waals surface area contributed by atoms with Gasteiger partial charge in [0.2, 0.25) is 0 Å². The lowest BCUT2D eigenvalue weighted by Crippen LogP contribution is -2.31. The van der Waals surface area contributed by atoms with E-state index in [4.69, 9.17) is 0 Å². The van der Waals surface area contributed by atoms with Crippen LogP contribution in [0.2, 0.25) is 0 Å². The van der Waals surface area contributed by atoms with Crippen molar-refractivity contribution in [1.82, 2.24) is 24.3 Å². The van der Waals surface area contributed by atoms with E-state index in [1.54, 1.807) is 6.07 Å². The van der Waals surface area contributed by atoms with Gasteiger partial charge < -0.3 is 9.38 Å². The van der Waals surface area contributed by atoms with Gasteiger partial charge in [-0.15, -0.1) is 0 Å². The highest BCUT2D eigenvalue weighted by Crippen LogP contribution is 2.13. The number of nitrogens with one attached hydrogen (secondary N) is 1. The van der Waals surface area contributed by atoms with Gasteiger partial charge in [0.05, 0.1) is 23.1 Å². The van der Waals surface area contributed by atoms with Gasteiger partial charge in [-0.3, -0.25) is 9.69 Å². The summed E-state index contributed by atoms with van der Waals surface area (Å²) in [6, 6.07) is 13.7. The molecule has 3 heterocycles. The zero-order valence-electron chi connectivity index (χ0n) is 14.9. The van der Waals surface area contributed by atoms with E-state index in [-0.39, 0.29) is 11.6 Å². The molecule has 4 rings (SSSR count). The fourth-order valence-electron chi connectivity index (χ4n) is 3.09. The molecule has 6 nitrogen and oxygen atoms in total. The van der Waals surface area contributed by atoms with E-state index in [0.717, 1.165) is 16.9 Å². The Labute approximate surface area is 151 Å². The van der Waals surface area contributed by atoms with Crippen molar-refractivity contribution in [3.8, 4) is 0 Å². The molecule has 0 aliphatic heterocycles. The van der Waals surface area contributed by atoms with Crippen LogP contribution in [0.15, 0.2) is 59.7 Å². The quantitative estimate of drug-likeness (QED) is 0.603. The van der Waals surface area contributed by atoms with Crippen molar-refractivity contribution in [2.75, 3.05) is 0 Å². The predicted octanol–water partition coefficient (Wildman–Crippen LogP) is 2.98. The Bertz CT molecular complexity index is 1080. The van der Waals surface area contributed by atoms with E-state index >= 15 is 0 Å². The molecule has 0 atom stereocenters. The number of para-hydroxylation sites is 1. The second kappa shape index (κ2) is 6.72. The van der Waals surface area contributed by atoms with Crippen LogP contribution < -0.4 is 5.56 Å². The van der Waals surface area contributed by atoms with Crippen LogP contribution in [0, 0.1) is 0 Å². The Morgan fingerprint density at radius 2 is 1.88 bits per heavy atom. The van der Waals surface area contributed by atoms with Crippen LogP contribution in [-0.4, -0.2) is 30.3 Å². The lowest BCUT2D eigenvalue weighted by molar-refractivity contribution is 0.196. The van der Waals surface area contributed by atoms with E-state index in [2.05, 4.69) is 33.7 Å². The summed E-state index contributed by atoms with van der Waals surface area (Å²) in [5.74, 6) is 0.672. The van der Waals surface area contributed by atoms with Crippen LogP contribution in [0.25, 0.3) is 16.6 Å². The number of fused-ring (bicyclic) bond motifs is 2. The standard InChI is InChI=1S/C20H21N5O/c1-14(2)25(12-15-11-24-10-6-5-9-19(24)21-15)13-18-22-17-8-4-3-7-16(17)20(26)23-18/h3-11,14H,12-13H2,1-2H3,(H,22,23,26). The highest BCUT2D eigenvalue weighted by atomic mass is 16.1. The Balaban J connectivity index is 1.62. The van der Waals surface area contributed by atoms with Crippen LogP contribution in [0.4, 0.5) is 0 Å². The van der Waals surface area contributed by atoms with Crippen molar-refractivity contribution < 1.29 is 0 Å². The molecule has 0 aliphatic carbocycles. The fraction of sp³-hybridized carbons (Fsp3) is 0.250. The molecule has 0 amide bonds. The molecule has 1 N–H and O–H groups in total.